The van der Waals surface area contributed by atoms with Gasteiger partial charge in [0.25, 0.3) is 5.69 Å². The normalized spacial score (nSPS) is 16.8. The Labute approximate surface area is 163 Å². The number of nitro benzene ring substituents is 1. The SMILES string of the molecule is COC(OC)C(Cc1noc2c1C(=O)CC(C)(C)C2)c1ccc([N+](=O)[O-])cc1. The lowest BCUT2D eigenvalue weighted by molar-refractivity contribution is -0.384. The number of nitro groups is 1. The number of carbonyl (C=O) groups is 1. The first-order valence-electron chi connectivity index (χ1n) is 9.06. The lowest BCUT2D eigenvalue weighted by Crippen LogP contribution is -2.28. The molecule has 28 heavy (non-hydrogen) atoms. The summed E-state index contributed by atoms with van der Waals surface area (Å²) in [4.78, 5) is 23.2. The highest BCUT2D eigenvalue weighted by Gasteiger charge is 2.37. The second-order valence-corrected chi connectivity index (χ2v) is 7.87. The summed E-state index contributed by atoms with van der Waals surface area (Å²) in [6, 6.07) is 6.23. The van der Waals surface area contributed by atoms with Crippen LogP contribution in [0.1, 0.15) is 53.6 Å². The molecule has 0 bridgehead atoms. The van der Waals surface area contributed by atoms with Gasteiger partial charge in [-0.15, -0.1) is 0 Å². The van der Waals surface area contributed by atoms with E-state index in [2.05, 4.69) is 5.16 Å². The Balaban J connectivity index is 1.94. The first kappa shape index (κ1) is 20.2. The Morgan fingerprint density at radius 1 is 1.21 bits per heavy atom. The molecular weight excluding hydrogens is 364 g/mol. The predicted molar refractivity (Wildman–Crippen MR) is 100 cm³/mol. The zero-order valence-corrected chi connectivity index (χ0v) is 16.4. The van der Waals surface area contributed by atoms with E-state index in [0.717, 1.165) is 5.56 Å². The number of fused-ring (bicyclic) bond motifs is 1. The molecule has 1 aromatic heterocycles. The number of ether oxygens (including phenoxy) is 2. The Hall–Kier alpha value is -2.58. The summed E-state index contributed by atoms with van der Waals surface area (Å²) in [5.41, 5.74) is 1.76. The van der Waals surface area contributed by atoms with Crippen molar-refractivity contribution >= 4 is 11.5 Å². The van der Waals surface area contributed by atoms with E-state index >= 15 is 0 Å². The molecular formula is C20H24N2O6. The van der Waals surface area contributed by atoms with E-state index in [1.165, 1.54) is 26.4 Å². The molecule has 8 heteroatoms. The van der Waals surface area contributed by atoms with E-state index < -0.39 is 11.2 Å². The van der Waals surface area contributed by atoms with Crippen LogP contribution in [0.2, 0.25) is 0 Å². The standard InChI is InChI=1S/C20H24N2O6/c1-20(2)10-16(23)18-15(21-28-17(18)11-20)9-14(19(26-3)27-4)12-5-7-13(8-6-12)22(24)25/h5-8,14,19H,9-11H2,1-4H3. The van der Waals surface area contributed by atoms with E-state index in [4.69, 9.17) is 14.0 Å². The van der Waals surface area contributed by atoms with Gasteiger partial charge in [0.2, 0.25) is 0 Å². The second kappa shape index (κ2) is 7.81. The summed E-state index contributed by atoms with van der Waals surface area (Å²) in [7, 11) is 3.05. The van der Waals surface area contributed by atoms with Gasteiger partial charge in [-0.05, 0) is 11.0 Å². The zero-order valence-electron chi connectivity index (χ0n) is 16.4. The van der Waals surface area contributed by atoms with Crippen molar-refractivity contribution in [2.75, 3.05) is 14.2 Å². The van der Waals surface area contributed by atoms with Gasteiger partial charge < -0.3 is 14.0 Å². The van der Waals surface area contributed by atoms with Crippen LogP contribution in [0, 0.1) is 15.5 Å². The summed E-state index contributed by atoms with van der Waals surface area (Å²) in [6.07, 6.45) is 0.842. The van der Waals surface area contributed by atoms with Crippen LogP contribution in [0.25, 0.3) is 0 Å². The number of nitrogens with zero attached hydrogens (tertiary/aromatic N) is 2. The summed E-state index contributed by atoms with van der Waals surface area (Å²) in [6.45, 7) is 4.06. The summed E-state index contributed by atoms with van der Waals surface area (Å²) in [5, 5.41) is 15.1. The number of aromatic nitrogens is 1. The topological polar surface area (TPSA) is 105 Å². The minimum atomic E-state index is -0.607. The summed E-state index contributed by atoms with van der Waals surface area (Å²) >= 11 is 0. The first-order valence-corrected chi connectivity index (χ1v) is 9.06. The molecule has 0 saturated carbocycles. The molecule has 0 aliphatic heterocycles. The van der Waals surface area contributed by atoms with Crippen molar-refractivity contribution in [1.29, 1.82) is 0 Å². The molecule has 0 N–H and O–H groups in total. The molecule has 1 heterocycles. The third-order valence-corrected chi connectivity index (χ3v) is 5.13. The minimum absolute atomic E-state index is 0.00473. The third kappa shape index (κ3) is 3.98. The first-order chi connectivity index (χ1) is 13.3. The summed E-state index contributed by atoms with van der Waals surface area (Å²) in [5.74, 6) is 0.328. The van der Waals surface area contributed by atoms with Crippen LogP contribution in [0.5, 0.6) is 0 Å². The monoisotopic (exact) mass is 388 g/mol. The maximum Gasteiger partial charge on any atom is 0.269 e. The Bertz CT molecular complexity index is 867. The fraction of sp³-hybridized carbons (Fsp3) is 0.500. The van der Waals surface area contributed by atoms with Gasteiger partial charge in [-0.2, -0.15) is 0 Å². The van der Waals surface area contributed by atoms with Crippen LogP contribution >= 0.6 is 0 Å². The lowest BCUT2D eigenvalue weighted by atomic mass is 9.75. The largest absolute Gasteiger partial charge is 0.360 e. The van der Waals surface area contributed by atoms with E-state index in [9.17, 15) is 14.9 Å². The molecule has 1 atom stereocenters. The molecule has 1 aromatic carbocycles. The van der Waals surface area contributed by atoms with Crippen LogP contribution in [-0.4, -0.2) is 36.4 Å². The molecule has 3 rings (SSSR count). The highest BCUT2D eigenvalue weighted by molar-refractivity contribution is 5.99. The van der Waals surface area contributed by atoms with Crippen molar-refractivity contribution in [3.8, 4) is 0 Å². The number of carbonyl (C=O) groups excluding carboxylic acids is 1. The van der Waals surface area contributed by atoms with Crippen LogP contribution in [0.4, 0.5) is 5.69 Å². The molecule has 150 valence electrons. The number of hydrogen-bond donors (Lipinski definition) is 0. The van der Waals surface area contributed by atoms with Gasteiger partial charge in [0.1, 0.15) is 5.76 Å². The molecule has 1 aliphatic rings. The lowest BCUT2D eigenvalue weighted by Gasteiger charge is -2.27. The average molecular weight is 388 g/mol. The predicted octanol–water partition coefficient (Wildman–Crippen LogP) is 3.68. The fourth-order valence-corrected chi connectivity index (χ4v) is 3.81. The van der Waals surface area contributed by atoms with Crippen molar-refractivity contribution < 1.29 is 23.7 Å². The second-order valence-electron chi connectivity index (χ2n) is 7.87. The average Bonchev–Trinajstić information content (AvgIpc) is 3.03. The van der Waals surface area contributed by atoms with E-state index in [-0.39, 0.29) is 22.8 Å². The van der Waals surface area contributed by atoms with Gasteiger partial charge in [0, 0.05) is 51.5 Å². The number of hydrogen-bond acceptors (Lipinski definition) is 7. The summed E-state index contributed by atoms with van der Waals surface area (Å²) < 4.78 is 16.4. The molecule has 0 amide bonds. The van der Waals surface area contributed by atoms with Crippen LogP contribution in [-0.2, 0) is 22.3 Å². The quantitative estimate of drug-likeness (QED) is 0.405. The third-order valence-electron chi connectivity index (χ3n) is 5.13. The van der Waals surface area contributed by atoms with E-state index in [0.29, 0.717) is 36.3 Å². The maximum absolute atomic E-state index is 12.7. The molecule has 0 fully saturated rings. The van der Waals surface area contributed by atoms with Crippen molar-refractivity contribution in [1.82, 2.24) is 5.16 Å². The smallest absolute Gasteiger partial charge is 0.269 e. The zero-order chi connectivity index (χ0) is 20.5. The Morgan fingerprint density at radius 3 is 2.43 bits per heavy atom. The molecule has 0 radical (unpaired) electrons. The van der Waals surface area contributed by atoms with Crippen LogP contribution < -0.4 is 0 Å². The number of rotatable bonds is 7. The number of non-ortho nitro benzene ring substituents is 1. The maximum atomic E-state index is 12.7. The highest BCUT2D eigenvalue weighted by Crippen LogP contribution is 2.38. The molecule has 2 aromatic rings. The molecule has 8 nitrogen and oxygen atoms in total. The molecule has 0 spiro atoms. The van der Waals surface area contributed by atoms with Crippen molar-refractivity contribution in [3.63, 3.8) is 0 Å². The fourth-order valence-electron chi connectivity index (χ4n) is 3.81. The Kier molecular flexibility index (Phi) is 5.62. The Morgan fingerprint density at radius 2 is 1.86 bits per heavy atom. The van der Waals surface area contributed by atoms with E-state index in [1.54, 1.807) is 12.1 Å². The number of methoxy groups -OCH3 is 2. The van der Waals surface area contributed by atoms with Crippen molar-refractivity contribution in [2.45, 2.75) is 45.3 Å². The van der Waals surface area contributed by atoms with Crippen molar-refractivity contribution in [3.05, 3.63) is 57.0 Å². The van der Waals surface area contributed by atoms with Gasteiger partial charge >= 0.3 is 0 Å². The molecule has 0 saturated heterocycles. The molecule has 1 aliphatic carbocycles. The van der Waals surface area contributed by atoms with Crippen LogP contribution in [0.15, 0.2) is 28.8 Å². The highest BCUT2D eigenvalue weighted by atomic mass is 16.7. The van der Waals surface area contributed by atoms with Gasteiger partial charge in [0.15, 0.2) is 12.1 Å². The van der Waals surface area contributed by atoms with Crippen LogP contribution in [0.3, 0.4) is 0 Å². The van der Waals surface area contributed by atoms with E-state index in [1.807, 2.05) is 13.8 Å². The number of Topliss-reactive ketones (excluding diaryl/α,β-unsaturated/α-hetero) is 1. The van der Waals surface area contributed by atoms with Crippen molar-refractivity contribution in [2.24, 2.45) is 5.41 Å². The van der Waals surface area contributed by atoms with Gasteiger partial charge in [-0.1, -0.05) is 31.1 Å². The van der Waals surface area contributed by atoms with Gasteiger partial charge in [-0.3, -0.25) is 14.9 Å². The van der Waals surface area contributed by atoms with Gasteiger partial charge in [0.05, 0.1) is 16.2 Å². The van der Waals surface area contributed by atoms with Gasteiger partial charge in [-0.25, -0.2) is 0 Å². The number of benzene rings is 1. The number of ketones is 1. The molecule has 1 unspecified atom stereocenters. The minimum Gasteiger partial charge on any atom is -0.360 e.